The van der Waals surface area contributed by atoms with Gasteiger partial charge in [-0.2, -0.15) is 0 Å². The summed E-state index contributed by atoms with van der Waals surface area (Å²) in [5, 5.41) is 19.8. The fourth-order valence-corrected chi connectivity index (χ4v) is 4.14. The minimum Gasteiger partial charge on any atom is -0.480 e. The molecule has 0 radical (unpaired) electrons. The van der Waals surface area contributed by atoms with Gasteiger partial charge in [0.15, 0.2) is 5.76 Å². The van der Waals surface area contributed by atoms with E-state index in [-0.39, 0.29) is 0 Å². The fourth-order valence-electron chi connectivity index (χ4n) is 3.85. The maximum absolute atomic E-state index is 12.6. The van der Waals surface area contributed by atoms with Crippen molar-refractivity contribution in [3.63, 3.8) is 0 Å². The molecule has 0 aliphatic heterocycles. The Balaban J connectivity index is 1.39. The molecule has 2 atom stereocenters. The zero-order valence-corrected chi connectivity index (χ0v) is 20.3. The van der Waals surface area contributed by atoms with Crippen molar-refractivity contribution in [2.45, 2.75) is 51.8 Å². The number of hydrogen-bond donors (Lipinski definition) is 3. The van der Waals surface area contributed by atoms with Crippen LogP contribution in [0.2, 0.25) is 5.02 Å². The largest absolute Gasteiger partial charge is 0.480 e. The average Bonchev–Trinajstić information content (AvgIpc) is 3.59. The Kier molecular flexibility index (Phi) is 7.73. The molecule has 2 aromatic carbocycles. The number of hydrogen-bond acceptors (Lipinski definition) is 6. The fraction of sp³-hybridized carbons (Fsp3) is 0.346. The lowest BCUT2D eigenvalue weighted by molar-refractivity contribution is -0.139. The van der Waals surface area contributed by atoms with E-state index >= 15 is 0 Å². The van der Waals surface area contributed by atoms with Crippen LogP contribution in [-0.2, 0) is 16.1 Å². The summed E-state index contributed by atoms with van der Waals surface area (Å²) in [6.45, 7) is 3.91. The van der Waals surface area contributed by atoms with Gasteiger partial charge >= 0.3 is 12.1 Å². The van der Waals surface area contributed by atoms with Gasteiger partial charge in [-0.15, -0.1) is 0 Å². The summed E-state index contributed by atoms with van der Waals surface area (Å²) in [5.41, 5.74) is 3.30. The first-order valence-corrected chi connectivity index (χ1v) is 11.9. The van der Waals surface area contributed by atoms with Gasteiger partial charge in [0.25, 0.3) is 0 Å². The second-order valence-electron chi connectivity index (χ2n) is 8.81. The number of amides is 1. The molecule has 1 aromatic heterocycles. The Hall–Kier alpha value is -3.36. The minimum absolute atomic E-state index is 0.404. The number of ether oxygens (including phenoxy) is 1. The van der Waals surface area contributed by atoms with E-state index in [2.05, 4.69) is 15.8 Å². The second-order valence-corrected chi connectivity index (χ2v) is 9.22. The van der Waals surface area contributed by atoms with Gasteiger partial charge in [0.2, 0.25) is 0 Å². The molecule has 8 nitrogen and oxygen atoms in total. The predicted octanol–water partition coefficient (Wildman–Crippen LogP) is 5.96. The number of rotatable bonds is 10. The van der Waals surface area contributed by atoms with Gasteiger partial charge < -0.3 is 19.7 Å². The monoisotopic (exact) mass is 497 g/mol. The molecular formula is C26H28ClN3O5. The maximum Gasteiger partial charge on any atom is 0.412 e. The summed E-state index contributed by atoms with van der Waals surface area (Å²) in [6.07, 6.45) is 1.68. The van der Waals surface area contributed by atoms with E-state index in [1.54, 1.807) is 26.0 Å². The maximum atomic E-state index is 12.6. The van der Waals surface area contributed by atoms with E-state index in [9.17, 15) is 14.7 Å². The van der Waals surface area contributed by atoms with Gasteiger partial charge in [-0.1, -0.05) is 72.1 Å². The number of anilines is 1. The molecule has 1 heterocycles. The van der Waals surface area contributed by atoms with Crippen LogP contribution in [0.15, 0.2) is 53.1 Å². The van der Waals surface area contributed by atoms with Gasteiger partial charge in [-0.05, 0) is 37.8 Å². The molecule has 0 saturated heterocycles. The van der Waals surface area contributed by atoms with E-state index < -0.39 is 24.2 Å². The Bertz CT molecular complexity index is 1190. The highest BCUT2D eigenvalue weighted by molar-refractivity contribution is 6.31. The topological polar surface area (TPSA) is 114 Å². The molecule has 0 spiro atoms. The zero-order chi connectivity index (χ0) is 24.9. The molecule has 9 heteroatoms. The Labute approximate surface area is 208 Å². The highest BCUT2D eigenvalue weighted by Gasteiger charge is 2.29. The number of aromatic nitrogens is 1. The summed E-state index contributed by atoms with van der Waals surface area (Å²) in [4.78, 5) is 24.1. The van der Waals surface area contributed by atoms with Crippen LogP contribution >= 0.6 is 11.6 Å². The number of benzene rings is 2. The lowest BCUT2D eigenvalue weighted by atomic mass is 10.1. The molecule has 1 amide bonds. The third kappa shape index (κ3) is 6.41. The molecule has 3 N–H and O–H groups in total. The highest BCUT2D eigenvalue weighted by Crippen LogP contribution is 2.34. The first-order chi connectivity index (χ1) is 16.8. The van der Waals surface area contributed by atoms with Crippen molar-refractivity contribution in [2.75, 3.05) is 5.32 Å². The molecular weight excluding hydrogens is 470 g/mol. The zero-order valence-electron chi connectivity index (χ0n) is 19.6. The van der Waals surface area contributed by atoms with Crippen LogP contribution in [0.5, 0.6) is 0 Å². The van der Waals surface area contributed by atoms with Gasteiger partial charge in [-0.3, -0.25) is 10.1 Å². The second kappa shape index (κ2) is 10.9. The number of carboxylic acids is 1. The average molecular weight is 498 g/mol. The summed E-state index contributed by atoms with van der Waals surface area (Å²) >= 11 is 6.20. The number of halogens is 1. The molecule has 1 saturated carbocycles. The lowest BCUT2D eigenvalue weighted by Crippen LogP contribution is -2.36. The molecule has 35 heavy (non-hydrogen) atoms. The van der Waals surface area contributed by atoms with Crippen LogP contribution in [0.4, 0.5) is 10.5 Å². The van der Waals surface area contributed by atoms with Crippen LogP contribution in [0.3, 0.4) is 0 Å². The molecule has 4 rings (SSSR count). The predicted molar refractivity (Wildman–Crippen MR) is 132 cm³/mol. The Morgan fingerprint density at radius 1 is 1.20 bits per heavy atom. The smallest absolute Gasteiger partial charge is 0.412 e. The van der Waals surface area contributed by atoms with E-state index in [1.807, 2.05) is 36.4 Å². The summed E-state index contributed by atoms with van der Waals surface area (Å²) in [7, 11) is 0. The van der Waals surface area contributed by atoms with E-state index in [1.165, 1.54) is 0 Å². The van der Waals surface area contributed by atoms with E-state index in [4.69, 9.17) is 20.9 Å². The van der Waals surface area contributed by atoms with Gasteiger partial charge in [0.05, 0.1) is 0 Å². The van der Waals surface area contributed by atoms with Crippen molar-refractivity contribution in [1.29, 1.82) is 0 Å². The first kappa shape index (κ1) is 24.8. The van der Waals surface area contributed by atoms with Crippen molar-refractivity contribution < 1.29 is 24.0 Å². The Morgan fingerprint density at radius 3 is 2.57 bits per heavy atom. The van der Waals surface area contributed by atoms with Gasteiger partial charge in [0.1, 0.15) is 23.5 Å². The number of aryl methyl sites for hydroxylation is 1. The minimum atomic E-state index is -0.822. The van der Waals surface area contributed by atoms with Crippen LogP contribution in [0.25, 0.3) is 11.3 Å². The number of nitrogens with zero attached hydrogens (tertiary/aromatic N) is 1. The number of carboxylic acid groups (broad SMARTS) is 1. The lowest BCUT2D eigenvalue weighted by Gasteiger charge is -2.15. The summed E-state index contributed by atoms with van der Waals surface area (Å²) < 4.78 is 11.0. The standard InChI is InChI=1S/C26H28ClN3O5/c1-15-23(29-26(33)34-16(2)20-5-3-4-6-21(20)27)24(35-30-15)19-11-9-18(10-12-19)14-28-22(25(31)32)13-17-7-8-17/h3-6,9-12,16-17,22,28H,7-8,13-14H2,1-2H3,(H,29,33)(H,31,32)/t16-,22?/m1/s1. The van der Waals surface area contributed by atoms with Crippen molar-refractivity contribution in [3.05, 3.63) is 70.4 Å². The Morgan fingerprint density at radius 2 is 1.91 bits per heavy atom. The van der Waals surface area contributed by atoms with Crippen molar-refractivity contribution in [3.8, 4) is 11.3 Å². The summed E-state index contributed by atoms with van der Waals surface area (Å²) in [6, 6.07) is 14.1. The van der Waals surface area contributed by atoms with Crippen LogP contribution in [0.1, 0.15) is 49.1 Å². The molecule has 3 aromatic rings. The highest BCUT2D eigenvalue weighted by atomic mass is 35.5. The SMILES string of the molecule is Cc1noc(-c2ccc(CNC(CC3CC3)C(=O)O)cc2)c1NC(=O)O[C@H](C)c1ccccc1Cl. The molecule has 0 bridgehead atoms. The molecule has 184 valence electrons. The molecule has 1 aliphatic rings. The van der Waals surface area contributed by atoms with Gasteiger partial charge in [0, 0.05) is 22.7 Å². The third-order valence-corrected chi connectivity index (χ3v) is 6.39. The van der Waals surface area contributed by atoms with Crippen LogP contribution < -0.4 is 10.6 Å². The van der Waals surface area contributed by atoms with Gasteiger partial charge in [-0.25, -0.2) is 4.79 Å². The normalized spacial score (nSPS) is 14.8. The number of carbonyl (C=O) groups is 2. The number of carbonyl (C=O) groups excluding carboxylic acids is 1. The van der Waals surface area contributed by atoms with Crippen molar-refractivity contribution >= 4 is 29.4 Å². The molecule has 1 aliphatic carbocycles. The third-order valence-electron chi connectivity index (χ3n) is 6.05. The number of aliphatic carboxylic acids is 1. The quantitative estimate of drug-likeness (QED) is 0.317. The first-order valence-electron chi connectivity index (χ1n) is 11.6. The van der Waals surface area contributed by atoms with Crippen molar-refractivity contribution in [1.82, 2.24) is 10.5 Å². The molecule has 1 fully saturated rings. The van der Waals surface area contributed by atoms with Crippen LogP contribution in [-0.4, -0.2) is 28.4 Å². The molecule has 1 unspecified atom stereocenters. The number of nitrogens with one attached hydrogen (secondary N) is 2. The van der Waals surface area contributed by atoms with E-state index in [0.29, 0.717) is 46.6 Å². The van der Waals surface area contributed by atoms with E-state index in [0.717, 1.165) is 24.0 Å². The van der Waals surface area contributed by atoms with Crippen molar-refractivity contribution in [2.24, 2.45) is 5.92 Å². The van der Waals surface area contributed by atoms with Crippen LogP contribution in [0, 0.1) is 12.8 Å². The summed E-state index contributed by atoms with van der Waals surface area (Å²) in [5.74, 6) is 0.101.